The van der Waals surface area contributed by atoms with Crippen molar-refractivity contribution >= 4 is 11.6 Å². The maximum absolute atomic E-state index is 12.7. The third-order valence-corrected chi connectivity index (χ3v) is 4.65. The summed E-state index contributed by atoms with van der Waals surface area (Å²) < 4.78 is 0. The summed E-state index contributed by atoms with van der Waals surface area (Å²) in [5.74, 6) is -0.277. The average Bonchev–Trinajstić information content (AvgIpc) is 2.67. The molecule has 2 aromatic rings. The van der Waals surface area contributed by atoms with Gasteiger partial charge in [-0.15, -0.1) is 0 Å². The highest BCUT2D eigenvalue weighted by molar-refractivity contribution is 5.98. The second-order valence-electron chi connectivity index (χ2n) is 6.06. The van der Waals surface area contributed by atoms with Gasteiger partial charge in [0, 0.05) is 50.7 Å². The number of carbonyl (C=O) groups is 1. The lowest BCUT2D eigenvalue weighted by atomic mass is 10.1. The van der Waals surface area contributed by atoms with Crippen LogP contribution in [0, 0.1) is 10.1 Å². The van der Waals surface area contributed by atoms with Crippen molar-refractivity contribution < 1.29 is 9.72 Å². The molecule has 130 valence electrons. The van der Waals surface area contributed by atoms with Crippen LogP contribution in [0.2, 0.25) is 0 Å². The van der Waals surface area contributed by atoms with E-state index in [4.69, 9.17) is 0 Å². The summed E-state index contributed by atoms with van der Waals surface area (Å²) in [7, 11) is 0. The summed E-state index contributed by atoms with van der Waals surface area (Å²) in [5, 5.41) is 11.1. The highest BCUT2D eigenvalue weighted by Gasteiger charge is 2.28. The molecule has 1 fully saturated rings. The number of amides is 1. The van der Waals surface area contributed by atoms with Crippen LogP contribution in [0.25, 0.3) is 0 Å². The molecule has 3 rings (SSSR count). The van der Waals surface area contributed by atoms with Gasteiger partial charge >= 0.3 is 0 Å². The molecule has 1 amide bonds. The van der Waals surface area contributed by atoms with Crippen molar-refractivity contribution in [3.63, 3.8) is 0 Å². The zero-order valence-corrected chi connectivity index (χ0v) is 14.0. The fraction of sp³-hybridized carbons (Fsp3) is 0.333. The van der Waals surface area contributed by atoms with Crippen molar-refractivity contribution in [3.8, 4) is 0 Å². The molecule has 7 heteroatoms. The Labute approximate surface area is 146 Å². The molecule has 7 nitrogen and oxygen atoms in total. The summed E-state index contributed by atoms with van der Waals surface area (Å²) in [6, 6.07) is 10.3. The van der Waals surface area contributed by atoms with Gasteiger partial charge in [-0.05, 0) is 24.6 Å². The van der Waals surface area contributed by atoms with Crippen LogP contribution in [-0.2, 0) is 0 Å². The fourth-order valence-corrected chi connectivity index (χ4v) is 3.13. The highest BCUT2D eigenvalue weighted by Crippen LogP contribution is 2.23. The molecule has 0 radical (unpaired) electrons. The normalized spacial score (nSPS) is 16.4. The maximum Gasteiger partial charge on any atom is 0.282 e. The van der Waals surface area contributed by atoms with Crippen LogP contribution in [0.15, 0.2) is 48.8 Å². The zero-order valence-electron chi connectivity index (χ0n) is 14.0. The molecule has 0 N–H and O–H groups in total. The Morgan fingerprint density at radius 2 is 1.88 bits per heavy atom. The van der Waals surface area contributed by atoms with Gasteiger partial charge in [0.2, 0.25) is 0 Å². The molecule has 1 aromatic heterocycles. The van der Waals surface area contributed by atoms with Crippen LogP contribution in [0.4, 0.5) is 5.69 Å². The number of piperazine rings is 1. The van der Waals surface area contributed by atoms with Crippen LogP contribution in [0.1, 0.15) is 28.9 Å². The lowest BCUT2D eigenvalue weighted by Gasteiger charge is -2.38. The summed E-state index contributed by atoms with van der Waals surface area (Å²) in [4.78, 5) is 31.4. The van der Waals surface area contributed by atoms with E-state index < -0.39 is 4.92 Å². The van der Waals surface area contributed by atoms with Gasteiger partial charge < -0.3 is 4.90 Å². The minimum Gasteiger partial charge on any atom is -0.336 e. The van der Waals surface area contributed by atoms with Gasteiger partial charge in [0.05, 0.1) is 4.92 Å². The third-order valence-electron chi connectivity index (χ3n) is 4.65. The predicted octanol–water partition coefficient (Wildman–Crippen LogP) is 2.51. The number of hydrogen-bond acceptors (Lipinski definition) is 5. The smallest absolute Gasteiger partial charge is 0.282 e. The molecule has 0 saturated carbocycles. The Bertz CT molecular complexity index is 758. The average molecular weight is 340 g/mol. The maximum atomic E-state index is 12.7. The van der Waals surface area contributed by atoms with Crippen LogP contribution in [-0.4, -0.2) is 51.8 Å². The van der Waals surface area contributed by atoms with E-state index in [0.29, 0.717) is 13.1 Å². The summed E-state index contributed by atoms with van der Waals surface area (Å²) in [5.41, 5.74) is 1.15. The second-order valence-corrected chi connectivity index (χ2v) is 6.06. The second kappa shape index (κ2) is 7.40. The standard InChI is InChI=1S/C18H20N4O3/c1-14(15-5-4-8-19-13-15)20-9-11-21(12-10-20)18(23)16-6-2-3-7-17(16)22(24)25/h2-8,13-14H,9-12H2,1H3/t14-/m0/s1. The van der Waals surface area contributed by atoms with Crippen LogP contribution < -0.4 is 0 Å². The number of nitro groups is 1. The van der Waals surface area contributed by atoms with Gasteiger partial charge in [0.25, 0.3) is 11.6 Å². The molecular weight excluding hydrogens is 320 g/mol. The van der Waals surface area contributed by atoms with Gasteiger partial charge in [-0.3, -0.25) is 24.8 Å². The molecule has 1 aromatic carbocycles. The first kappa shape index (κ1) is 17.0. The SMILES string of the molecule is C[C@@H](c1cccnc1)N1CCN(C(=O)c2ccccc2[N+](=O)[O-])CC1. The largest absolute Gasteiger partial charge is 0.336 e. The number of rotatable bonds is 4. The van der Waals surface area contributed by atoms with Crippen LogP contribution in [0.3, 0.4) is 0 Å². The Balaban J connectivity index is 1.66. The Hall–Kier alpha value is -2.80. The number of aromatic nitrogens is 1. The van der Waals surface area contributed by atoms with E-state index in [1.165, 1.54) is 12.1 Å². The Morgan fingerprint density at radius 1 is 1.16 bits per heavy atom. The van der Waals surface area contributed by atoms with Crippen molar-refractivity contribution in [3.05, 3.63) is 70.0 Å². The van der Waals surface area contributed by atoms with Gasteiger partial charge in [-0.1, -0.05) is 18.2 Å². The van der Waals surface area contributed by atoms with Crippen molar-refractivity contribution in [2.75, 3.05) is 26.2 Å². The van der Waals surface area contributed by atoms with E-state index in [0.717, 1.165) is 18.7 Å². The van der Waals surface area contributed by atoms with Crippen LogP contribution >= 0.6 is 0 Å². The predicted molar refractivity (Wildman–Crippen MR) is 93.2 cm³/mol. The van der Waals surface area contributed by atoms with E-state index in [1.54, 1.807) is 23.2 Å². The minimum atomic E-state index is -0.506. The quantitative estimate of drug-likeness (QED) is 0.631. The molecular formula is C18H20N4O3. The Kier molecular flexibility index (Phi) is 5.04. The van der Waals surface area contributed by atoms with Crippen molar-refractivity contribution in [1.82, 2.24) is 14.8 Å². The monoisotopic (exact) mass is 340 g/mol. The molecule has 1 aliphatic rings. The molecule has 25 heavy (non-hydrogen) atoms. The van der Waals surface area contributed by atoms with Crippen molar-refractivity contribution in [2.45, 2.75) is 13.0 Å². The van der Waals surface area contributed by atoms with Gasteiger partial charge in [-0.2, -0.15) is 0 Å². The molecule has 0 bridgehead atoms. The molecule has 0 unspecified atom stereocenters. The lowest BCUT2D eigenvalue weighted by molar-refractivity contribution is -0.385. The number of para-hydroxylation sites is 1. The summed E-state index contributed by atoms with van der Waals surface area (Å²) in [6.07, 6.45) is 3.61. The highest BCUT2D eigenvalue weighted by atomic mass is 16.6. The van der Waals surface area contributed by atoms with Crippen molar-refractivity contribution in [1.29, 1.82) is 0 Å². The zero-order chi connectivity index (χ0) is 17.8. The van der Waals surface area contributed by atoms with Crippen molar-refractivity contribution in [2.24, 2.45) is 0 Å². The van der Waals surface area contributed by atoms with Gasteiger partial charge in [-0.25, -0.2) is 0 Å². The number of nitro benzene ring substituents is 1. The molecule has 1 aliphatic heterocycles. The first-order valence-corrected chi connectivity index (χ1v) is 8.24. The first-order valence-electron chi connectivity index (χ1n) is 8.24. The van der Waals surface area contributed by atoms with E-state index in [-0.39, 0.29) is 23.2 Å². The molecule has 0 aliphatic carbocycles. The minimum absolute atomic E-state index is 0.140. The van der Waals surface area contributed by atoms with Gasteiger partial charge in [0.1, 0.15) is 5.56 Å². The number of benzene rings is 1. The van der Waals surface area contributed by atoms with Gasteiger partial charge in [0.15, 0.2) is 0 Å². The van der Waals surface area contributed by atoms with E-state index in [1.807, 2.05) is 18.3 Å². The number of nitrogens with zero attached hydrogens (tertiary/aromatic N) is 4. The summed E-state index contributed by atoms with van der Waals surface area (Å²) >= 11 is 0. The summed E-state index contributed by atoms with van der Waals surface area (Å²) in [6.45, 7) is 4.67. The Morgan fingerprint density at radius 3 is 2.52 bits per heavy atom. The number of hydrogen-bond donors (Lipinski definition) is 0. The topological polar surface area (TPSA) is 79.6 Å². The number of pyridine rings is 1. The third kappa shape index (κ3) is 3.66. The molecule has 2 heterocycles. The van der Waals surface area contributed by atoms with E-state index >= 15 is 0 Å². The number of carbonyl (C=O) groups excluding carboxylic acids is 1. The molecule has 0 spiro atoms. The van der Waals surface area contributed by atoms with E-state index in [2.05, 4.69) is 16.8 Å². The first-order chi connectivity index (χ1) is 12.1. The fourth-order valence-electron chi connectivity index (χ4n) is 3.13. The molecule has 1 saturated heterocycles. The lowest BCUT2D eigenvalue weighted by Crippen LogP contribution is -2.49. The molecule has 1 atom stereocenters. The van der Waals surface area contributed by atoms with Crippen LogP contribution in [0.5, 0.6) is 0 Å². The van der Waals surface area contributed by atoms with E-state index in [9.17, 15) is 14.9 Å².